The summed E-state index contributed by atoms with van der Waals surface area (Å²) in [5.74, 6) is -4.43. The number of aliphatic hydroxyl groups excluding tert-OH is 2. The minimum atomic E-state index is -2.45. The molecule has 1 spiro atoms. The minimum Gasteiger partial charge on any atom is -0.504 e. The highest BCUT2D eigenvalue weighted by Crippen LogP contribution is 2.65. The number of ether oxygens (including phenoxy) is 3. The van der Waals surface area contributed by atoms with Gasteiger partial charge in [-0.05, 0) is 44.1 Å². The van der Waals surface area contributed by atoms with Crippen LogP contribution in [0.3, 0.4) is 0 Å². The molecule has 0 saturated carbocycles. The molecule has 2 aliphatic heterocycles. The molecule has 12 nitrogen and oxygen atoms in total. The second-order valence-corrected chi connectivity index (χ2v) is 11.0. The fourth-order valence-electron chi connectivity index (χ4n) is 6.95. The van der Waals surface area contributed by atoms with Crippen LogP contribution in [0.2, 0.25) is 0 Å². The topological polar surface area (TPSA) is 183 Å². The Hall–Kier alpha value is -3.97. The third-order valence-corrected chi connectivity index (χ3v) is 8.91. The number of hydrogen-bond donors (Lipinski definition) is 5. The molecule has 2 aromatic rings. The fourth-order valence-corrected chi connectivity index (χ4v) is 6.95. The normalized spacial score (nSPS) is 29.7. The maximum atomic E-state index is 13.0. The molecule has 0 aromatic heterocycles. The summed E-state index contributed by atoms with van der Waals surface area (Å²) in [6.45, 7) is 0.599. The molecule has 0 radical (unpaired) electrons. The van der Waals surface area contributed by atoms with Gasteiger partial charge in [0.05, 0.1) is 11.0 Å². The van der Waals surface area contributed by atoms with Crippen molar-refractivity contribution in [3.05, 3.63) is 71.0 Å². The number of esters is 2. The van der Waals surface area contributed by atoms with Gasteiger partial charge in [0.15, 0.2) is 29.8 Å². The molecule has 6 rings (SSSR count). The standard InChI is InChI=1S/C29H29NO11/c1-30-12-11-28-19-15-7-8-16(31)23(19)40-24(28)17(9-10-29(28,38)18(30)13-15)39-26(36)20(32)21(33)27(37)41-22(25(34)35)14-5-3-2-4-6-14/h2-9,18,20-22,24,31-33,38H,10-13H2,1H3,(H,34,35)/t18-,20-,21-,22-,24+,28+,29-/m1/s1. The highest BCUT2D eigenvalue weighted by molar-refractivity contribution is 5.87. The lowest BCUT2D eigenvalue weighted by atomic mass is 9.50. The van der Waals surface area contributed by atoms with Crippen LogP contribution in [-0.4, -0.2) is 91.9 Å². The number of phenolic OH excluding ortho intramolecular Hbond substituents is 1. The summed E-state index contributed by atoms with van der Waals surface area (Å²) in [6.07, 6.45) is -5.17. The van der Waals surface area contributed by atoms with Crippen molar-refractivity contribution < 1.29 is 54.1 Å². The summed E-state index contributed by atoms with van der Waals surface area (Å²) in [5, 5.41) is 53.1. The number of carbonyl (C=O) groups is 3. The first-order valence-electron chi connectivity index (χ1n) is 13.2. The van der Waals surface area contributed by atoms with Gasteiger partial charge in [-0.2, -0.15) is 0 Å². The lowest BCUT2D eigenvalue weighted by Crippen LogP contribution is -2.74. The zero-order valence-corrected chi connectivity index (χ0v) is 22.0. The molecule has 2 aromatic carbocycles. The Morgan fingerprint density at radius 3 is 2.49 bits per heavy atom. The van der Waals surface area contributed by atoms with Crippen molar-refractivity contribution in [1.82, 2.24) is 4.90 Å². The van der Waals surface area contributed by atoms with Crippen molar-refractivity contribution in [1.29, 1.82) is 0 Å². The number of likely N-dealkylation sites (N-methyl/N-ethyl adjacent to an activating group) is 1. The van der Waals surface area contributed by atoms with Crippen molar-refractivity contribution in [3.63, 3.8) is 0 Å². The van der Waals surface area contributed by atoms with E-state index in [0.29, 0.717) is 24.9 Å². The van der Waals surface area contributed by atoms with E-state index in [2.05, 4.69) is 4.90 Å². The molecule has 2 heterocycles. The van der Waals surface area contributed by atoms with E-state index in [1.165, 1.54) is 36.4 Å². The van der Waals surface area contributed by atoms with E-state index in [1.807, 2.05) is 7.05 Å². The number of nitrogens with zero attached hydrogens (tertiary/aromatic N) is 1. The predicted octanol–water partition coefficient (Wildman–Crippen LogP) is 0.304. The monoisotopic (exact) mass is 567 g/mol. The van der Waals surface area contributed by atoms with Crippen molar-refractivity contribution in [2.45, 2.75) is 60.7 Å². The molecule has 2 aliphatic carbocycles. The molecule has 0 unspecified atom stereocenters. The van der Waals surface area contributed by atoms with Crippen LogP contribution in [0.1, 0.15) is 35.6 Å². The molecule has 7 atom stereocenters. The average molecular weight is 568 g/mol. The first kappa shape index (κ1) is 27.2. The third kappa shape index (κ3) is 3.86. The summed E-state index contributed by atoms with van der Waals surface area (Å²) < 4.78 is 16.5. The molecular weight excluding hydrogens is 538 g/mol. The number of likely N-dealkylation sites (tertiary alicyclic amines) is 1. The van der Waals surface area contributed by atoms with Gasteiger partial charge in [0.1, 0.15) is 5.76 Å². The summed E-state index contributed by atoms with van der Waals surface area (Å²) in [4.78, 5) is 39.2. The molecule has 0 amide bonds. The molecule has 1 saturated heterocycles. The predicted molar refractivity (Wildman–Crippen MR) is 138 cm³/mol. The highest BCUT2D eigenvalue weighted by Gasteiger charge is 2.72. The van der Waals surface area contributed by atoms with E-state index in [0.717, 1.165) is 5.56 Å². The van der Waals surface area contributed by atoms with Gasteiger partial charge in [-0.15, -0.1) is 0 Å². The van der Waals surface area contributed by atoms with E-state index in [4.69, 9.17) is 14.2 Å². The fraction of sp³-hybridized carbons (Fsp3) is 0.414. The summed E-state index contributed by atoms with van der Waals surface area (Å²) in [6, 6.07) is 10.5. The van der Waals surface area contributed by atoms with Gasteiger partial charge >= 0.3 is 17.9 Å². The Bertz CT molecular complexity index is 1460. The van der Waals surface area contributed by atoms with Gasteiger partial charge in [-0.3, -0.25) is 0 Å². The highest BCUT2D eigenvalue weighted by atomic mass is 16.6. The van der Waals surface area contributed by atoms with Crippen molar-refractivity contribution >= 4 is 17.9 Å². The molecule has 1 fully saturated rings. The maximum absolute atomic E-state index is 13.0. The zero-order chi connectivity index (χ0) is 29.3. The van der Waals surface area contributed by atoms with Crippen molar-refractivity contribution in [2.24, 2.45) is 0 Å². The lowest BCUT2D eigenvalue weighted by Gasteiger charge is -2.61. The summed E-state index contributed by atoms with van der Waals surface area (Å²) in [7, 11) is 1.93. The lowest BCUT2D eigenvalue weighted by molar-refractivity contribution is -0.183. The second kappa shape index (κ2) is 9.55. The van der Waals surface area contributed by atoms with Crippen LogP contribution in [0.5, 0.6) is 11.5 Å². The smallest absolute Gasteiger partial charge is 0.349 e. The Kier molecular flexibility index (Phi) is 6.34. The van der Waals surface area contributed by atoms with Gasteiger partial charge in [0.25, 0.3) is 0 Å². The quantitative estimate of drug-likeness (QED) is 0.289. The van der Waals surface area contributed by atoms with Crippen molar-refractivity contribution in [3.8, 4) is 11.5 Å². The number of aliphatic hydroxyl groups is 3. The first-order valence-corrected chi connectivity index (χ1v) is 13.2. The van der Waals surface area contributed by atoms with Crippen LogP contribution in [0.25, 0.3) is 0 Å². The van der Waals surface area contributed by atoms with Crippen LogP contribution in [0.4, 0.5) is 0 Å². The van der Waals surface area contributed by atoms with Gasteiger partial charge < -0.3 is 44.6 Å². The number of phenols is 1. The maximum Gasteiger partial charge on any atom is 0.349 e. The number of aromatic hydroxyl groups is 1. The Morgan fingerprint density at radius 1 is 1.07 bits per heavy atom. The van der Waals surface area contributed by atoms with Crippen LogP contribution in [-0.2, 0) is 35.7 Å². The number of hydrogen-bond acceptors (Lipinski definition) is 11. The van der Waals surface area contributed by atoms with Crippen LogP contribution >= 0.6 is 0 Å². The number of benzene rings is 2. The largest absolute Gasteiger partial charge is 0.504 e. The van der Waals surface area contributed by atoms with E-state index in [-0.39, 0.29) is 35.3 Å². The van der Waals surface area contributed by atoms with Crippen LogP contribution < -0.4 is 4.74 Å². The second-order valence-electron chi connectivity index (χ2n) is 11.0. The molecule has 41 heavy (non-hydrogen) atoms. The van der Waals surface area contributed by atoms with Gasteiger partial charge in [-0.25, -0.2) is 14.4 Å². The number of aliphatic carboxylic acids is 1. The SMILES string of the molecule is CN1CC[C@]23c4c5ccc(O)c4O[C@H]2C(OC(=O)[C@H](O)[C@@H](O)C(=O)O[C@@H](C(=O)O)c2ccccc2)=CC[C@@]3(O)[C@H]1C5. The molecular formula is C29H29NO11. The molecule has 5 N–H and O–H groups in total. The number of carboxylic acids is 1. The number of carboxylic acid groups (broad SMARTS) is 1. The number of rotatable bonds is 7. The molecule has 12 heteroatoms. The average Bonchev–Trinajstić information content (AvgIpc) is 3.32. The molecule has 216 valence electrons. The van der Waals surface area contributed by atoms with Gasteiger partial charge in [0.2, 0.25) is 6.10 Å². The minimum absolute atomic E-state index is 0.0428. The van der Waals surface area contributed by atoms with Crippen molar-refractivity contribution in [2.75, 3.05) is 13.6 Å². The van der Waals surface area contributed by atoms with E-state index >= 15 is 0 Å². The van der Waals surface area contributed by atoms with Gasteiger partial charge in [0, 0.05) is 23.6 Å². The molecule has 4 aliphatic rings. The summed E-state index contributed by atoms with van der Waals surface area (Å²) >= 11 is 0. The number of piperidine rings is 1. The van der Waals surface area contributed by atoms with Gasteiger partial charge in [-0.1, -0.05) is 36.4 Å². The Balaban J connectivity index is 1.24. The van der Waals surface area contributed by atoms with E-state index < -0.39 is 53.3 Å². The Morgan fingerprint density at radius 2 is 1.78 bits per heavy atom. The summed E-state index contributed by atoms with van der Waals surface area (Å²) in [5.41, 5.74) is -0.679. The zero-order valence-electron chi connectivity index (χ0n) is 22.0. The van der Waals surface area contributed by atoms with E-state index in [1.54, 1.807) is 12.1 Å². The molecule has 2 bridgehead atoms. The first-order chi connectivity index (χ1) is 19.5. The number of carbonyl (C=O) groups excluding carboxylic acids is 2. The van der Waals surface area contributed by atoms with Crippen LogP contribution in [0.15, 0.2) is 54.3 Å². The third-order valence-electron chi connectivity index (χ3n) is 8.91. The van der Waals surface area contributed by atoms with Crippen LogP contribution in [0, 0.1) is 0 Å². The Labute approximate surface area is 234 Å². The van der Waals surface area contributed by atoms with E-state index in [9.17, 15) is 39.9 Å².